The summed E-state index contributed by atoms with van der Waals surface area (Å²) in [5.41, 5.74) is 2.22. The van der Waals surface area contributed by atoms with Gasteiger partial charge in [0.25, 0.3) is 5.91 Å². The molecule has 1 amide bonds. The van der Waals surface area contributed by atoms with Gasteiger partial charge >= 0.3 is 0 Å². The first-order valence-electron chi connectivity index (χ1n) is 9.53. The van der Waals surface area contributed by atoms with Crippen LogP contribution >= 0.6 is 0 Å². The molecule has 3 heterocycles. The SMILES string of the molecule is O=C(c1ccc2ccccc2n1)N1CCN(c2nnnn2-c2ccccc2)CC1. The van der Waals surface area contributed by atoms with Crippen molar-refractivity contribution in [1.82, 2.24) is 30.1 Å². The second-order valence-corrected chi connectivity index (χ2v) is 6.89. The van der Waals surface area contributed by atoms with E-state index in [4.69, 9.17) is 0 Å². The van der Waals surface area contributed by atoms with E-state index in [1.54, 1.807) is 10.7 Å². The number of amides is 1. The van der Waals surface area contributed by atoms with Gasteiger partial charge in [-0.25, -0.2) is 4.98 Å². The van der Waals surface area contributed by atoms with Crippen LogP contribution < -0.4 is 4.90 Å². The van der Waals surface area contributed by atoms with Crippen molar-refractivity contribution in [3.63, 3.8) is 0 Å². The summed E-state index contributed by atoms with van der Waals surface area (Å²) < 4.78 is 1.72. The molecule has 0 atom stereocenters. The van der Waals surface area contributed by atoms with Gasteiger partial charge in [0.05, 0.1) is 11.2 Å². The van der Waals surface area contributed by atoms with E-state index in [9.17, 15) is 4.79 Å². The van der Waals surface area contributed by atoms with Crippen molar-refractivity contribution in [2.75, 3.05) is 31.1 Å². The van der Waals surface area contributed by atoms with Crippen LogP contribution in [0.1, 0.15) is 10.5 Å². The van der Waals surface area contributed by atoms with Crippen LogP contribution in [0.25, 0.3) is 16.6 Å². The van der Waals surface area contributed by atoms with Crippen LogP contribution in [0.3, 0.4) is 0 Å². The minimum Gasteiger partial charge on any atom is -0.336 e. The Hall–Kier alpha value is -3.81. The average Bonchev–Trinajstić information content (AvgIpc) is 3.29. The number of aromatic nitrogens is 5. The van der Waals surface area contributed by atoms with E-state index >= 15 is 0 Å². The van der Waals surface area contributed by atoms with E-state index in [0.717, 1.165) is 16.6 Å². The largest absolute Gasteiger partial charge is 0.336 e. The lowest BCUT2D eigenvalue weighted by atomic mass is 10.2. The zero-order valence-corrected chi connectivity index (χ0v) is 15.7. The first-order valence-corrected chi connectivity index (χ1v) is 9.53. The lowest BCUT2D eigenvalue weighted by Gasteiger charge is -2.34. The molecule has 1 fully saturated rings. The van der Waals surface area contributed by atoms with Crippen molar-refractivity contribution in [3.05, 3.63) is 72.4 Å². The molecule has 2 aromatic carbocycles. The van der Waals surface area contributed by atoms with E-state index in [-0.39, 0.29) is 5.91 Å². The summed E-state index contributed by atoms with van der Waals surface area (Å²) in [5.74, 6) is 0.644. The minimum absolute atomic E-state index is 0.0435. The van der Waals surface area contributed by atoms with Crippen LogP contribution in [0.15, 0.2) is 66.7 Å². The number of benzene rings is 2. The Morgan fingerprint density at radius 1 is 0.828 bits per heavy atom. The molecule has 0 N–H and O–H groups in total. The summed E-state index contributed by atoms with van der Waals surface area (Å²) in [6, 6.07) is 21.3. The summed E-state index contributed by atoms with van der Waals surface area (Å²) in [7, 11) is 0. The number of tetrazole rings is 1. The molecule has 2 aromatic heterocycles. The minimum atomic E-state index is -0.0435. The lowest BCUT2D eigenvalue weighted by molar-refractivity contribution is 0.0740. The van der Waals surface area contributed by atoms with Gasteiger partial charge in [0, 0.05) is 31.6 Å². The van der Waals surface area contributed by atoms with Crippen molar-refractivity contribution in [3.8, 4) is 5.69 Å². The molecule has 29 heavy (non-hydrogen) atoms. The number of carbonyl (C=O) groups is 1. The third kappa shape index (κ3) is 3.29. The average molecular weight is 385 g/mol. The number of para-hydroxylation sites is 2. The lowest BCUT2D eigenvalue weighted by Crippen LogP contribution is -2.49. The number of pyridine rings is 1. The molecule has 0 aliphatic carbocycles. The van der Waals surface area contributed by atoms with Gasteiger partial charge in [-0.2, -0.15) is 4.68 Å². The van der Waals surface area contributed by atoms with E-state index in [1.807, 2.05) is 65.6 Å². The summed E-state index contributed by atoms with van der Waals surface area (Å²) in [6.45, 7) is 2.50. The fourth-order valence-corrected chi connectivity index (χ4v) is 3.57. The molecule has 8 heteroatoms. The van der Waals surface area contributed by atoms with Crippen LogP contribution in [-0.4, -0.2) is 62.2 Å². The first kappa shape index (κ1) is 17.3. The molecular weight excluding hydrogens is 366 g/mol. The van der Waals surface area contributed by atoms with Crippen molar-refractivity contribution < 1.29 is 4.79 Å². The van der Waals surface area contributed by atoms with Crippen LogP contribution in [0.2, 0.25) is 0 Å². The normalized spacial score (nSPS) is 14.3. The molecular formula is C21H19N7O. The van der Waals surface area contributed by atoms with Gasteiger partial charge in [0.15, 0.2) is 0 Å². The number of nitrogens with zero attached hydrogens (tertiary/aromatic N) is 7. The van der Waals surface area contributed by atoms with E-state index in [2.05, 4.69) is 25.4 Å². The summed E-state index contributed by atoms with van der Waals surface area (Å²) in [6.07, 6.45) is 0. The molecule has 5 rings (SSSR count). The van der Waals surface area contributed by atoms with Crippen LogP contribution in [0.5, 0.6) is 0 Å². The van der Waals surface area contributed by atoms with Crippen molar-refractivity contribution in [2.24, 2.45) is 0 Å². The molecule has 0 spiro atoms. The molecule has 1 aliphatic rings. The van der Waals surface area contributed by atoms with Crippen LogP contribution in [-0.2, 0) is 0 Å². The number of piperazine rings is 1. The summed E-state index contributed by atoms with van der Waals surface area (Å²) in [5, 5.41) is 13.2. The Kier molecular flexibility index (Phi) is 4.36. The molecule has 0 unspecified atom stereocenters. The molecule has 0 saturated carbocycles. The van der Waals surface area contributed by atoms with E-state index < -0.39 is 0 Å². The zero-order valence-electron chi connectivity index (χ0n) is 15.7. The number of anilines is 1. The van der Waals surface area contributed by atoms with Crippen molar-refractivity contribution in [1.29, 1.82) is 0 Å². The number of carbonyl (C=O) groups excluding carboxylic acids is 1. The molecule has 0 bridgehead atoms. The van der Waals surface area contributed by atoms with Gasteiger partial charge in [-0.05, 0) is 34.7 Å². The maximum Gasteiger partial charge on any atom is 0.272 e. The molecule has 4 aromatic rings. The Bertz CT molecular complexity index is 1150. The maximum atomic E-state index is 12.9. The third-order valence-electron chi connectivity index (χ3n) is 5.12. The van der Waals surface area contributed by atoms with Gasteiger partial charge in [0.2, 0.25) is 5.95 Å². The van der Waals surface area contributed by atoms with E-state index in [0.29, 0.717) is 37.8 Å². The van der Waals surface area contributed by atoms with Crippen LogP contribution in [0, 0.1) is 0 Å². The fraction of sp³-hybridized carbons (Fsp3) is 0.190. The summed E-state index contributed by atoms with van der Waals surface area (Å²) in [4.78, 5) is 21.4. The quantitative estimate of drug-likeness (QED) is 0.538. The van der Waals surface area contributed by atoms with Crippen molar-refractivity contribution >= 4 is 22.8 Å². The number of hydrogen-bond donors (Lipinski definition) is 0. The highest BCUT2D eigenvalue weighted by atomic mass is 16.2. The highest BCUT2D eigenvalue weighted by Crippen LogP contribution is 2.18. The Morgan fingerprint density at radius 2 is 1.59 bits per heavy atom. The fourth-order valence-electron chi connectivity index (χ4n) is 3.57. The van der Waals surface area contributed by atoms with Crippen LogP contribution in [0.4, 0.5) is 5.95 Å². The Morgan fingerprint density at radius 3 is 2.41 bits per heavy atom. The molecule has 8 nitrogen and oxygen atoms in total. The number of fused-ring (bicyclic) bond motifs is 1. The first-order chi connectivity index (χ1) is 14.3. The van der Waals surface area contributed by atoms with Crippen molar-refractivity contribution in [2.45, 2.75) is 0 Å². The topological polar surface area (TPSA) is 80.0 Å². The van der Waals surface area contributed by atoms with Gasteiger partial charge in [0.1, 0.15) is 5.69 Å². The second kappa shape index (κ2) is 7.31. The maximum absolute atomic E-state index is 12.9. The van der Waals surface area contributed by atoms with Gasteiger partial charge < -0.3 is 9.80 Å². The standard InChI is InChI=1S/C21H19N7O/c29-20(19-11-10-16-6-4-5-9-18(16)22-19)26-12-14-27(15-13-26)21-23-24-25-28(21)17-7-2-1-3-8-17/h1-11H,12-15H2. The number of hydrogen-bond acceptors (Lipinski definition) is 6. The van der Waals surface area contributed by atoms with Gasteiger partial charge in [-0.3, -0.25) is 4.79 Å². The predicted octanol–water partition coefficient (Wildman–Crippen LogP) is 2.17. The summed E-state index contributed by atoms with van der Waals surface area (Å²) >= 11 is 0. The zero-order chi connectivity index (χ0) is 19.6. The highest BCUT2D eigenvalue weighted by Gasteiger charge is 2.26. The second-order valence-electron chi connectivity index (χ2n) is 6.89. The van der Waals surface area contributed by atoms with E-state index in [1.165, 1.54) is 0 Å². The molecule has 0 radical (unpaired) electrons. The Labute approximate surface area is 167 Å². The molecule has 1 saturated heterocycles. The number of rotatable bonds is 3. The highest BCUT2D eigenvalue weighted by molar-refractivity contribution is 5.95. The smallest absolute Gasteiger partial charge is 0.272 e. The Balaban J connectivity index is 1.30. The predicted molar refractivity (Wildman–Crippen MR) is 109 cm³/mol. The van der Waals surface area contributed by atoms with Gasteiger partial charge in [-0.1, -0.05) is 47.6 Å². The monoisotopic (exact) mass is 385 g/mol. The third-order valence-corrected chi connectivity index (χ3v) is 5.12. The molecule has 144 valence electrons. The van der Waals surface area contributed by atoms with Gasteiger partial charge in [-0.15, -0.1) is 0 Å². The molecule has 1 aliphatic heterocycles.